The molecule has 1 aliphatic rings. The minimum Gasteiger partial charge on any atom is -0.497 e. The second kappa shape index (κ2) is 6.84. The topological polar surface area (TPSA) is 64.8 Å². The van der Waals surface area contributed by atoms with Crippen LogP contribution in [0.15, 0.2) is 30.3 Å². The lowest BCUT2D eigenvalue weighted by molar-refractivity contribution is -0.146. The van der Waals surface area contributed by atoms with Crippen LogP contribution in [0, 0.1) is 0 Å². The van der Waals surface area contributed by atoms with Crippen molar-refractivity contribution in [1.29, 1.82) is 0 Å². The van der Waals surface area contributed by atoms with E-state index in [1.54, 1.807) is 32.4 Å². The lowest BCUT2D eigenvalue weighted by atomic mass is 10.1. The number of nitrogens with zero attached hydrogens (tertiary/aromatic N) is 5. The summed E-state index contributed by atoms with van der Waals surface area (Å²) in [4.78, 5) is 1.97. The summed E-state index contributed by atoms with van der Waals surface area (Å²) in [5.74, 6) is 0.630. The molecule has 0 saturated heterocycles. The summed E-state index contributed by atoms with van der Waals surface area (Å²) in [5.41, 5.74) is 0.904. The SMILES string of the molecule is COc1ccc(OC)c(CN(c2ccc3nnc(C(F)(F)F)n3n2)C2CC2)c1. The van der Waals surface area contributed by atoms with Crippen LogP contribution in [0.3, 0.4) is 0 Å². The molecule has 4 rings (SSSR count). The number of aromatic nitrogens is 4. The average Bonchev–Trinajstić information content (AvgIpc) is 3.42. The first-order chi connectivity index (χ1) is 13.4. The van der Waals surface area contributed by atoms with E-state index in [0.717, 1.165) is 22.9 Å². The van der Waals surface area contributed by atoms with Crippen LogP contribution in [0.25, 0.3) is 5.65 Å². The highest BCUT2D eigenvalue weighted by molar-refractivity contribution is 5.50. The van der Waals surface area contributed by atoms with E-state index in [1.807, 2.05) is 11.0 Å². The largest absolute Gasteiger partial charge is 0.497 e. The second-order valence-corrected chi connectivity index (χ2v) is 6.52. The zero-order chi connectivity index (χ0) is 19.9. The van der Waals surface area contributed by atoms with Crippen molar-refractivity contribution in [3.63, 3.8) is 0 Å². The Morgan fingerprint density at radius 2 is 1.89 bits per heavy atom. The molecule has 0 aliphatic heterocycles. The van der Waals surface area contributed by atoms with Crippen LogP contribution in [0.5, 0.6) is 11.5 Å². The molecule has 148 valence electrons. The van der Waals surface area contributed by atoms with E-state index < -0.39 is 12.0 Å². The van der Waals surface area contributed by atoms with Crippen LogP contribution >= 0.6 is 0 Å². The zero-order valence-corrected chi connectivity index (χ0v) is 15.3. The number of methoxy groups -OCH3 is 2. The number of fused-ring (bicyclic) bond motifs is 1. The number of rotatable bonds is 6. The van der Waals surface area contributed by atoms with Crippen molar-refractivity contribution in [3.05, 3.63) is 41.7 Å². The van der Waals surface area contributed by atoms with Crippen molar-refractivity contribution < 1.29 is 22.6 Å². The van der Waals surface area contributed by atoms with Gasteiger partial charge in [0.1, 0.15) is 17.3 Å². The summed E-state index contributed by atoms with van der Waals surface area (Å²) in [6, 6.07) is 8.80. The lowest BCUT2D eigenvalue weighted by Crippen LogP contribution is -2.27. The van der Waals surface area contributed by atoms with E-state index in [1.165, 1.54) is 6.07 Å². The Hall–Kier alpha value is -3.04. The first-order valence-electron chi connectivity index (χ1n) is 8.68. The van der Waals surface area contributed by atoms with E-state index >= 15 is 0 Å². The van der Waals surface area contributed by atoms with Gasteiger partial charge in [0.15, 0.2) is 5.65 Å². The van der Waals surface area contributed by atoms with Gasteiger partial charge in [-0.2, -0.15) is 17.7 Å². The van der Waals surface area contributed by atoms with E-state index in [9.17, 15) is 13.2 Å². The van der Waals surface area contributed by atoms with Crippen LogP contribution in [-0.4, -0.2) is 40.1 Å². The molecular formula is C18H18F3N5O2. The molecule has 7 nitrogen and oxygen atoms in total. The first-order valence-corrected chi connectivity index (χ1v) is 8.68. The number of anilines is 1. The highest BCUT2D eigenvalue weighted by atomic mass is 19.4. The second-order valence-electron chi connectivity index (χ2n) is 6.52. The smallest absolute Gasteiger partial charge is 0.453 e. The highest BCUT2D eigenvalue weighted by Gasteiger charge is 2.38. The Morgan fingerprint density at radius 1 is 1.11 bits per heavy atom. The van der Waals surface area contributed by atoms with Crippen LogP contribution < -0.4 is 14.4 Å². The zero-order valence-electron chi connectivity index (χ0n) is 15.3. The maximum absolute atomic E-state index is 13.2. The van der Waals surface area contributed by atoms with Gasteiger partial charge >= 0.3 is 6.18 Å². The number of benzene rings is 1. The molecule has 1 aromatic carbocycles. The number of hydrogen-bond acceptors (Lipinski definition) is 6. The molecule has 10 heteroatoms. The average molecular weight is 393 g/mol. The molecule has 1 fully saturated rings. The molecule has 1 saturated carbocycles. The summed E-state index contributed by atoms with van der Waals surface area (Å²) >= 11 is 0. The molecule has 0 unspecified atom stereocenters. The Kier molecular flexibility index (Phi) is 4.48. The maximum atomic E-state index is 13.2. The first kappa shape index (κ1) is 18.3. The summed E-state index contributed by atoms with van der Waals surface area (Å²) in [5, 5.41) is 11.0. The van der Waals surface area contributed by atoms with Gasteiger partial charge in [0.05, 0.1) is 14.2 Å². The molecule has 3 aromatic rings. The fourth-order valence-corrected chi connectivity index (χ4v) is 3.08. The van der Waals surface area contributed by atoms with Crippen molar-refractivity contribution >= 4 is 11.5 Å². The third-order valence-electron chi connectivity index (χ3n) is 4.61. The predicted octanol–water partition coefficient (Wildman–Crippen LogP) is 3.33. The molecular weight excluding hydrogens is 375 g/mol. The van der Waals surface area contributed by atoms with E-state index in [4.69, 9.17) is 9.47 Å². The van der Waals surface area contributed by atoms with Crippen molar-refractivity contribution in [1.82, 2.24) is 19.8 Å². The van der Waals surface area contributed by atoms with Gasteiger partial charge in [-0.15, -0.1) is 15.3 Å². The molecule has 0 spiro atoms. The summed E-state index contributed by atoms with van der Waals surface area (Å²) in [6.45, 7) is 0.424. The molecule has 28 heavy (non-hydrogen) atoms. The normalized spacial score (nSPS) is 14.3. The van der Waals surface area contributed by atoms with Gasteiger partial charge in [-0.1, -0.05) is 0 Å². The van der Waals surface area contributed by atoms with Gasteiger partial charge in [0.25, 0.3) is 5.82 Å². The van der Waals surface area contributed by atoms with E-state index in [-0.39, 0.29) is 11.7 Å². The van der Waals surface area contributed by atoms with Gasteiger partial charge in [-0.25, -0.2) is 0 Å². The van der Waals surface area contributed by atoms with Gasteiger partial charge in [0.2, 0.25) is 0 Å². The molecule has 1 aliphatic carbocycles. The Morgan fingerprint density at radius 3 is 2.54 bits per heavy atom. The predicted molar refractivity (Wildman–Crippen MR) is 94.5 cm³/mol. The number of hydrogen-bond donors (Lipinski definition) is 0. The summed E-state index contributed by atoms with van der Waals surface area (Å²) in [6.07, 6.45) is -2.74. The fraction of sp³-hybridized carbons (Fsp3) is 0.389. The van der Waals surface area contributed by atoms with Crippen LogP contribution in [0.2, 0.25) is 0 Å². The molecule has 2 aromatic heterocycles. The molecule has 0 atom stereocenters. The Bertz CT molecular complexity index is 1000. The fourth-order valence-electron chi connectivity index (χ4n) is 3.08. The highest BCUT2D eigenvalue weighted by Crippen LogP contribution is 2.35. The molecule has 2 heterocycles. The lowest BCUT2D eigenvalue weighted by Gasteiger charge is -2.24. The van der Waals surface area contributed by atoms with Crippen molar-refractivity contribution in [2.24, 2.45) is 0 Å². The van der Waals surface area contributed by atoms with Gasteiger partial charge in [-0.3, -0.25) is 0 Å². The third kappa shape index (κ3) is 3.41. The molecule has 0 N–H and O–H groups in total. The van der Waals surface area contributed by atoms with Crippen LogP contribution in [0.4, 0.5) is 19.0 Å². The Balaban J connectivity index is 1.73. The van der Waals surface area contributed by atoms with E-state index in [0.29, 0.717) is 23.9 Å². The van der Waals surface area contributed by atoms with Crippen molar-refractivity contribution in [2.45, 2.75) is 31.6 Å². The summed E-state index contributed by atoms with van der Waals surface area (Å²) in [7, 11) is 3.15. The van der Waals surface area contributed by atoms with Crippen LogP contribution in [0.1, 0.15) is 24.2 Å². The third-order valence-corrected chi connectivity index (χ3v) is 4.61. The van der Waals surface area contributed by atoms with Crippen molar-refractivity contribution in [3.8, 4) is 11.5 Å². The molecule has 0 radical (unpaired) electrons. The number of alkyl halides is 3. The number of halogens is 3. The van der Waals surface area contributed by atoms with E-state index in [2.05, 4.69) is 15.3 Å². The molecule has 0 amide bonds. The van der Waals surface area contributed by atoms with Gasteiger partial charge in [-0.05, 0) is 43.2 Å². The quantitative estimate of drug-likeness (QED) is 0.640. The standard InChI is InChI=1S/C18H18F3N5O2/c1-27-13-5-6-14(28-2)11(9-13)10-25(12-3-4-12)16-8-7-15-22-23-17(18(19,20)21)26(15)24-16/h5-9,12H,3-4,10H2,1-2H3. The van der Waals surface area contributed by atoms with Gasteiger partial charge in [0, 0.05) is 18.2 Å². The monoisotopic (exact) mass is 393 g/mol. The minimum atomic E-state index is -4.63. The summed E-state index contributed by atoms with van der Waals surface area (Å²) < 4.78 is 51.0. The van der Waals surface area contributed by atoms with Gasteiger partial charge < -0.3 is 14.4 Å². The number of ether oxygens (including phenoxy) is 2. The Labute approximate surface area is 158 Å². The van der Waals surface area contributed by atoms with Crippen LogP contribution in [-0.2, 0) is 12.7 Å². The van der Waals surface area contributed by atoms with Crippen molar-refractivity contribution in [2.75, 3.05) is 19.1 Å². The maximum Gasteiger partial charge on any atom is 0.453 e. The minimum absolute atomic E-state index is 0.0470. The molecule has 0 bridgehead atoms.